The number of halogens is 1. The van der Waals surface area contributed by atoms with Gasteiger partial charge in [-0.1, -0.05) is 17.7 Å². The summed E-state index contributed by atoms with van der Waals surface area (Å²) in [6.07, 6.45) is 2.41. The van der Waals surface area contributed by atoms with Crippen LogP contribution in [0.1, 0.15) is 31.4 Å². The first-order valence-electron chi connectivity index (χ1n) is 5.86. The quantitative estimate of drug-likeness (QED) is 0.903. The summed E-state index contributed by atoms with van der Waals surface area (Å²) in [5.74, 6) is 0.742. The predicted octanol–water partition coefficient (Wildman–Crippen LogP) is 2.92. The molecule has 0 saturated carbocycles. The molecule has 3 unspecified atom stereocenters. The van der Waals surface area contributed by atoms with E-state index in [1.54, 1.807) is 13.2 Å². The molecule has 0 aromatic heterocycles. The summed E-state index contributed by atoms with van der Waals surface area (Å²) in [6.45, 7) is 2.07. The molecule has 94 valence electrons. The summed E-state index contributed by atoms with van der Waals surface area (Å²) in [7, 11) is 1.62. The van der Waals surface area contributed by atoms with Gasteiger partial charge in [0.1, 0.15) is 5.75 Å². The largest absolute Gasteiger partial charge is 0.497 e. The van der Waals surface area contributed by atoms with E-state index in [1.165, 1.54) is 0 Å². The van der Waals surface area contributed by atoms with Crippen molar-refractivity contribution in [1.29, 1.82) is 0 Å². The van der Waals surface area contributed by atoms with E-state index >= 15 is 0 Å². The van der Waals surface area contributed by atoms with Crippen LogP contribution in [0.15, 0.2) is 18.2 Å². The average molecular weight is 256 g/mol. The molecule has 4 heteroatoms. The van der Waals surface area contributed by atoms with Gasteiger partial charge in [-0.3, -0.25) is 0 Å². The maximum Gasteiger partial charge on any atom is 0.120 e. The van der Waals surface area contributed by atoms with E-state index in [0.717, 1.165) is 24.2 Å². The van der Waals surface area contributed by atoms with E-state index < -0.39 is 0 Å². The SMILES string of the molecule is COc1ccc(C(N)C2CCC(C)O2)c(Cl)c1. The minimum absolute atomic E-state index is 0.0656. The number of nitrogens with two attached hydrogens (primary N) is 1. The normalized spacial score (nSPS) is 25.9. The van der Waals surface area contributed by atoms with E-state index in [0.29, 0.717) is 11.1 Å². The van der Waals surface area contributed by atoms with Crippen LogP contribution in [0.2, 0.25) is 5.02 Å². The Morgan fingerprint density at radius 3 is 2.76 bits per heavy atom. The van der Waals surface area contributed by atoms with Gasteiger partial charge in [0.05, 0.1) is 25.4 Å². The van der Waals surface area contributed by atoms with Crippen LogP contribution in [0.5, 0.6) is 5.75 Å². The second kappa shape index (κ2) is 5.25. The Kier molecular flexibility index (Phi) is 3.92. The highest BCUT2D eigenvalue weighted by Gasteiger charge is 2.29. The van der Waals surface area contributed by atoms with Gasteiger partial charge in [0.25, 0.3) is 0 Å². The van der Waals surface area contributed by atoms with Crippen molar-refractivity contribution in [3.8, 4) is 5.75 Å². The minimum atomic E-state index is -0.168. The zero-order valence-electron chi connectivity index (χ0n) is 10.2. The number of hydrogen-bond acceptors (Lipinski definition) is 3. The fourth-order valence-electron chi connectivity index (χ4n) is 2.20. The first-order valence-corrected chi connectivity index (χ1v) is 6.24. The molecule has 17 heavy (non-hydrogen) atoms. The molecule has 3 atom stereocenters. The third-order valence-corrected chi connectivity index (χ3v) is 3.56. The Morgan fingerprint density at radius 2 is 2.24 bits per heavy atom. The van der Waals surface area contributed by atoms with Gasteiger partial charge in [0.15, 0.2) is 0 Å². The number of benzene rings is 1. The van der Waals surface area contributed by atoms with Gasteiger partial charge >= 0.3 is 0 Å². The topological polar surface area (TPSA) is 44.5 Å². The van der Waals surface area contributed by atoms with Crippen LogP contribution in [0, 0.1) is 0 Å². The lowest BCUT2D eigenvalue weighted by molar-refractivity contribution is 0.0401. The third kappa shape index (κ3) is 2.73. The lowest BCUT2D eigenvalue weighted by Gasteiger charge is -2.21. The lowest BCUT2D eigenvalue weighted by atomic mass is 10.00. The molecule has 0 bridgehead atoms. The van der Waals surface area contributed by atoms with E-state index in [-0.39, 0.29) is 12.1 Å². The summed E-state index contributed by atoms with van der Waals surface area (Å²) < 4.78 is 10.9. The van der Waals surface area contributed by atoms with Crippen molar-refractivity contribution in [2.75, 3.05) is 7.11 Å². The van der Waals surface area contributed by atoms with Crippen LogP contribution in [0.3, 0.4) is 0 Å². The molecule has 2 rings (SSSR count). The van der Waals surface area contributed by atoms with Gasteiger partial charge in [0, 0.05) is 5.02 Å². The smallest absolute Gasteiger partial charge is 0.120 e. The highest BCUT2D eigenvalue weighted by atomic mass is 35.5. The molecule has 1 heterocycles. The Balaban J connectivity index is 2.16. The highest BCUT2D eigenvalue weighted by molar-refractivity contribution is 6.31. The van der Waals surface area contributed by atoms with Crippen LogP contribution in [-0.2, 0) is 4.74 Å². The van der Waals surface area contributed by atoms with Crippen LogP contribution < -0.4 is 10.5 Å². The molecule has 3 nitrogen and oxygen atoms in total. The number of hydrogen-bond donors (Lipinski definition) is 1. The Morgan fingerprint density at radius 1 is 1.47 bits per heavy atom. The zero-order valence-corrected chi connectivity index (χ0v) is 10.9. The molecule has 1 saturated heterocycles. The molecule has 1 fully saturated rings. The lowest BCUT2D eigenvalue weighted by Crippen LogP contribution is -2.26. The Bertz CT molecular complexity index is 397. The van der Waals surface area contributed by atoms with Crippen molar-refractivity contribution in [3.63, 3.8) is 0 Å². The second-order valence-corrected chi connectivity index (χ2v) is 4.88. The molecule has 1 aromatic rings. The van der Waals surface area contributed by atoms with E-state index in [1.807, 2.05) is 12.1 Å². The van der Waals surface area contributed by atoms with Crippen molar-refractivity contribution in [2.45, 2.75) is 38.0 Å². The van der Waals surface area contributed by atoms with E-state index in [9.17, 15) is 0 Å². The van der Waals surface area contributed by atoms with Crippen LogP contribution >= 0.6 is 11.6 Å². The Hall–Kier alpha value is -0.770. The summed E-state index contributed by atoms with van der Waals surface area (Å²) in [5, 5.41) is 0.639. The monoisotopic (exact) mass is 255 g/mol. The maximum atomic E-state index is 6.20. The molecular weight excluding hydrogens is 238 g/mol. The minimum Gasteiger partial charge on any atom is -0.497 e. The van der Waals surface area contributed by atoms with Gasteiger partial charge in [-0.15, -0.1) is 0 Å². The fourth-order valence-corrected chi connectivity index (χ4v) is 2.50. The molecule has 2 N–H and O–H groups in total. The second-order valence-electron chi connectivity index (χ2n) is 4.48. The zero-order chi connectivity index (χ0) is 12.4. The first kappa shape index (κ1) is 12.7. The summed E-state index contributed by atoms with van der Waals surface area (Å²) in [5.41, 5.74) is 7.13. The molecule has 0 radical (unpaired) electrons. The van der Waals surface area contributed by atoms with Gasteiger partial charge in [0.2, 0.25) is 0 Å². The van der Waals surface area contributed by atoms with E-state index in [4.69, 9.17) is 26.8 Å². The molecule has 1 aliphatic heterocycles. The highest BCUT2D eigenvalue weighted by Crippen LogP contribution is 2.33. The van der Waals surface area contributed by atoms with Crippen LogP contribution in [0.4, 0.5) is 0 Å². The van der Waals surface area contributed by atoms with Crippen molar-refractivity contribution in [2.24, 2.45) is 5.73 Å². The Labute approximate surface area is 107 Å². The summed E-state index contributed by atoms with van der Waals surface area (Å²) >= 11 is 6.20. The predicted molar refractivity (Wildman–Crippen MR) is 68.5 cm³/mol. The number of methoxy groups -OCH3 is 1. The van der Waals surface area contributed by atoms with Crippen molar-refractivity contribution in [3.05, 3.63) is 28.8 Å². The van der Waals surface area contributed by atoms with Gasteiger partial charge in [-0.25, -0.2) is 0 Å². The molecular formula is C13H18ClNO2. The number of ether oxygens (including phenoxy) is 2. The van der Waals surface area contributed by atoms with Crippen molar-refractivity contribution in [1.82, 2.24) is 0 Å². The summed E-state index contributed by atoms with van der Waals surface area (Å²) in [6, 6.07) is 5.41. The first-order chi connectivity index (χ1) is 8.11. The van der Waals surface area contributed by atoms with Crippen LogP contribution in [-0.4, -0.2) is 19.3 Å². The standard InChI is InChI=1S/C13H18ClNO2/c1-8-3-6-12(17-8)13(15)10-5-4-9(16-2)7-11(10)14/h4-5,7-8,12-13H,3,6,15H2,1-2H3. The van der Waals surface area contributed by atoms with E-state index in [2.05, 4.69) is 6.92 Å². The average Bonchev–Trinajstić information content (AvgIpc) is 2.75. The fraction of sp³-hybridized carbons (Fsp3) is 0.538. The third-order valence-electron chi connectivity index (χ3n) is 3.23. The molecule has 1 aromatic carbocycles. The molecule has 0 spiro atoms. The molecule has 0 amide bonds. The number of rotatable bonds is 3. The molecule has 1 aliphatic rings. The van der Waals surface area contributed by atoms with Crippen molar-refractivity contribution >= 4 is 11.6 Å². The maximum absolute atomic E-state index is 6.20. The van der Waals surface area contributed by atoms with Crippen LogP contribution in [0.25, 0.3) is 0 Å². The van der Waals surface area contributed by atoms with Gasteiger partial charge in [-0.05, 0) is 37.5 Å². The van der Waals surface area contributed by atoms with Gasteiger partial charge in [-0.2, -0.15) is 0 Å². The molecule has 0 aliphatic carbocycles. The van der Waals surface area contributed by atoms with Gasteiger partial charge < -0.3 is 15.2 Å². The summed E-state index contributed by atoms with van der Waals surface area (Å²) in [4.78, 5) is 0. The van der Waals surface area contributed by atoms with Crippen molar-refractivity contribution < 1.29 is 9.47 Å².